The van der Waals surface area contributed by atoms with Crippen LogP contribution < -0.4 is 5.43 Å². The molecule has 0 unspecified atom stereocenters. The molecule has 2 aliphatic heterocycles. The van der Waals surface area contributed by atoms with Gasteiger partial charge >= 0.3 is 0 Å². The third-order valence-electron chi connectivity index (χ3n) is 5.23. The number of nitrogens with zero attached hydrogens (tertiary/aromatic N) is 2. The summed E-state index contributed by atoms with van der Waals surface area (Å²) in [6.45, 7) is 2.96. The van der Waals surface area contributed by atoms with Gasteiger partial charge in [-0.3, -0.25) is 14.4 Å². The number of aromatic amines is 1. The molecule has 0 aliphatic carbocycles. The topological polar surface area (TPSA) is 73.5 Å². The van der Waals surface area contributed by atoms with Crippen molar-refractivity contribution in [2.24, 2.45) is 0 Å². The molecule has 0 radical (unpaired) electrons. The number of fused-ring (bicyclic) bond motifs is 2. The smallest absolute Gasteiger partial charge is 0.260 e. The number of H-pyrrole nitrogens is 1. The second-order valence-electron chi connectivity index (χ2n) is 6.68. The Morgan fingerprint density at radius 3 is 2.92 bits per heavy atom. The maximum Gasteiger partial charge on any atom is 0.260 e. The van der Waals surface area contributed by atoms with Gasteiger partial charge in [-0.2, -0.15) is 0 Å². The molecule has 1 aromatic carbocycles. The molecule has 2 aromatic rings. The first-order valence-electron chi connectivity index (χ1n) is 8.40. The van der Waals surface area contributed by atoms with Crippen molar-refractivity contribution in [3.05, 3.63) is 45.2 Å². The third kappa shape index (κ3) is 2.52. The van der Waals surface area contributed by atoms with Crippen molar-refractivity contribution in [1.29, 1.82) is 0 Å². The molecule has 4 rings (SSSR count). The van der Waals surface area contributed by atoms with Crippen LogP contribution in [0.15, 0.2) is 29.2 Å². The monoisotopic (exact) mass is 359 g/mol. The maximum atomic E-state index is 13.0. The van der Waals surface area contributed by atoms with Crippen molar-refractivity contribution in [1.82, 2.24) is 14.8 Å². The van der Waals surface area contributed by atoms with Crippen LogP contribution in [0, 0.1) is 0 Å². The minimum Gasteiger partial charge on any atom is -0.360 e. The van der Waals surface area contributed by atoms with Crippen molar-refractivity contribution in [2.45, 2.75) is 31.8 Å². The molecule has 2 aliphatic rings. The zero-order valence-electron chi connectivity index (χ0n) is 13.8. The Morgan fingerprint density at radius 2 is 2.12 bits per heavy atom. The molecule has 7 heteroatoms. The molecule has 2 amide bonds. The summed E-state index contributed by atoms with van der Waals surface area (Å²) in [6.07, 6.45) is 3.28. The van der Waals surface area contributed by atoms with Crippen LogP contribution in [0.2, 0.25) is 5.02 Å². The predicted molar refractivity (Wildman–Crippen MR) is 94.8 cm³/mol. The van der Waals surface area contributed by atoms with Gasteiger partial charge in [0.25, 0.3) is 5.91 Å². The average molecular weight is 360 g/mol. The highest BCUT2D eigenvalue weighted by atomic mass is 35.5. The van der Waals surface area contributed by atoms with Crippen LogP contribution in [0.3, 0.4) is 0 Å². The third-order valence-corrected chi connectivity index (χ3v) is 5.46. The zero-order valence-corrected chi connectivity index (χ0v) is 14.5. The molecule has 6 nitrogen and oxygen atoms in total. The molecule has 1 aromatic heterocycles. The molecule has 2 fully saturated rings. The van der Waals surface area contributed by atoms with Crippen LogP contribution in [0.25, 0.3) is 10.9 Å². The van der Waals surface area contributed by atoms with E-state index in [2.05, 4.69) is 4.98 Å². The van der Waals surface area contributed by atoms with E-state index in [0.717, 1.165) is 19.4 Å². The molecule has 2 atom stereocenters. The lowest BCUT2D eigenvalue weighted by Gasteiger charge is -2.41. The minimum absolute atomic E-state index is 0.0360. The van der Waals surface area contributed by atoms with Crippen LogP contribution in [-0.4, -0.2) is 51.8 Å². The average Bonchev–Trinajstić information content (AvgIpc) is 3.06. The fourth-order valence-corrected chi connectivity index (χ4v) is 4.01. The molecule has 3 heterocycles. The lowest BCUT2D eigenvalue weighted by molar-refractivity contribution is -0.141. The number of nitrogens with one attached hydrogen (secondary N) is 1. The van der Waals surface area contributed by atoms with E-state index >= 15 is 0 Å². The van der Waals surface area contributed by atoms with Gasteiger partial charge in [0.1, 0.15) is 11.6 Å². The molecular formula is C18H18ClN3O3. The van der Waals surface area contributed by atoms with Gasteiger partial charge in [0.15, 0.2) is 0 Å². The number of piperazine rings is 1. The molecule has 1 N–H and O–H groups in total. The Morgan fingerprint density at radius 1 is 1.32 bits per heavy atom. The minimum atomic E-state index is -0.554. The molecule has 0 saturated carbocycles. The summed E-state index contributed by atoms with van der Waals surface area (Å²) in [5.74, 6) is -0.434. The highest BCUT2D eigenvalue weighted by Gasteiger charge is 2.42. The second-order valence-corrected chi connectivity index (χ2v) is 7.12. The van der Waals surface area contributed by atoms with Crippen LogP contribution in [0.1, 0.15) is 30.1 Å². The SMILES string of the molecule is C[C@H]1C(=O)N2CCC[C@@H]2CN1C(=O)c1c[nH]c2cc(Cl)ccc2c1=O. The van der Waals surface area contributed by atoms with Gasteiger partial charge in [-0.1, -0.05) is 11.6 Å². The van der Waals surface area contributed by atoms with E-state index in [0.29, 0.717) is 22.5 Å². The highest BCUT2D eigenvalue weighted by molar-refractivity contribution is 6.31. The van der Waals surface area contributed by atoms with E-state index < -0.39 is 11.9 Å². The lowest BCUT2D eigenvalue weighted by atomic mass is 10.0. The summed E-state index contributed by atoms with van der Waals surface area (Å²) in [5.41, 5.74) is 0.295. The number of pyridine rings is 1. The quantitative estimate of drug-likeness (QED) is 0.846. The number of amides is 2. The van der Waals surface area contributed by atoms with Crippen LogP contribution in [0.5, 0.6) is 0 Å². The summed E-state index contributed by atoms with van der Waals surface area (Å²) in [5, 5.41) is 0.924. The van der Waals surface area contributed by atoms with Crippen molar-refractivity contribution in [3.63, 3.8) is 0 Å². The van der Waals surface area contributed by atoms with Crippen molar-refractivity contribution in [2.75, 3.05) is 13.1 Å². The van der Waals surface area contributed by atoms with Crippen molar-refractivity contribution >= 4 is 34.3 Å². The highest BCUT2D eigenvalue weighted by Crippen LogP contribution is 2.26. The summed E-state index contributed by atoms with van der Waals surface area (Å²) >= 11 is 5.94. The first-order chi connectivity index (χ1) is 12.0. The van der Waals surface area contributed by atoms with Crippen LogP contribution >= 0.6 is 11.6 Å². The van der Waals surface area contributed by atoms with E-state index in [-0.39, 0.29) is 22.9 Å². The molecule has 2 saturated heterocycles. The van der Waals surface area contributed by atoms with Gasteiger partial charge in [0, 0.05) is 35.7 Å². The number of hydrogen-bond donors (Lipinski definition) is 1. The molecule has 130 valence electrons. The van der Waals surface area contributed by atoms with E-state index in [9.17, 15) is 14.4 Å². The number of carbonyl (C=O) groups is 2. The summed E-state index contributed by atoms with van der Waals surface area (Å²) in [7, 11) is 0. The lowest BCUT2D eigenvalue weighted by Crippen LogP contribution is -2.60. The van der Waals surface area contributed by atoms with Crippen molar-refractivity contribution in [3.8, 4) is 0 Å². The van der Waals surface area contributed by atoms with E-state index in [1.54, 1.807) is 25.1 Å². The number of halogens is 1. The number of aromatic nitrogens is 1. The fraction of sp³-hybridized carbons (Fsp3) is 0.389. The number of carbonyl (C=O) groups excluding carboxylic acids is 2. The van der Waals surface area contributed by atoms with Gasteiger partial charge < -0.3 is 14.8 Å². The largest absolute Gasteiger partial charge is 0.360 e. The number of rotatable bonds is 1. The predicted octanol–water partition coefficient (Wildman–Crippen LogP) is 2.02. The van der Waals surface area contributed by atoms with Gasteiger partial charge in [-0.25, -0.2) is 0 Å². The summed E-state index contributed by atoms with van der Waals surface area (Å²) in [4.78, 5) is 44.6. The Labute approximate surface area is 149 Å². The number of hydrogen-bond acceptors (Lipinski definition) is 3. The Hall–Kier alpha value is -2.34. The van der Waals surface area contributed by atoms with Gasteiger partial charge in [-0.15, -0.1) is 0 Å². The summed E-state index contributed by atoms with van der Waals surface area (Å²) < 4.78 is 0. The van der Waals surface area contributed by atoms with Crippen LogP contribution in [0.4, 0.5) is 0 Å². The fourth-order valence-electron chi connectivity index (χ4n) is 3.84. The van der Waals surface area contributed by atoms with E-state index in [1.165, 1.54) is 11.1 Å². The van der Waals surface area contributed by atoms with Crippen molar-refractivity contribution < 1.29 is 9.59 Å². The molecule has 25 heavy (non-hydrogen) atoms. The van der Waals surface area contributed by atoms with Gasteiger partial charge in [0.05, 0.1) is 5.52 Å². The van der Waals surface area contributed by atoms with Gasteiger partial charge in [-0.05, 0) is 38.0 Å². The second kappa shape index (κ2) is 5.88. The first kappa shape index (κ1) is 16.1. The van der Waals surface area contributed by atoms with E-state index in [1.807, 2.05) is 4.90 Å². The van der Waals surface area contributed by atoms with E-state index in [4.69, 9.17) is 11.6 Å². The molecular weight excluding hydrogens is 342 g/mol. The maximum absolute atomic E-state index is 13.0. The Balaban J connectivity index is 1.72. The number of benzene rings is 1. The first-order valence-corrected chi connectivity index (χ1v) is 8.77. The zero-order chi connectivity index (χ0) is 17.7. The Bertz CT molecular complexity index is 939. The standard InChI is InChI=1S/C18H18ClN3O3/c1-10-17(24)21-6-2-3-12(21)9-22(10)18(25)14-8-20-15-7-11(19)4-5-13(15)16(14)23/h4-5,7-8,10,12H,2-3,6,9H2,1H3,(H,20,23)/t10-,12+/m0/s1. The molecule has 0 spiro atoms. The van der Waals surface area contributed by atoms with Gasteiger partial charge in [0.2, 0.25) is 11.3 Å². The van der Waals surface area contributed by atoms with Crippen LogP contribution in [-0.2, 0) is 4.79 Å². The normalized spacial score (nSPS) is 23.2. The molecule has 0 bridgehead atoms. The summed E-state index contributed by atoms with van der Waals surface area (Å²) in [6, 6.07) is 4.39. The Kier molecular flexibility index (Phi) is 3.80.